The Morgan fingerprint density at radius 1 is 1.34 bits per heavy atom. The van der Waals surface area contributed by atoms with Gasteiger partial charge in [-0.3, -0.25) is 14.5 Å². The largest absolute Gasteiger partial charge is 0.387 e. The molecule has 4 rings (SSSR count). The fraction of sp³-hybridized carbons (Fsp3) is 0.364. The first-order valence-corrected chi connectivity index (χ1v) is 9.59. The molecule has 152 valence electrons. The average molecular weight is 395 g/mol. The lowest BCUT2D eigenvalue weighted by Crippen LogP contribution is -2.68. The second kappa shape index (κ2) is 6.57. The number of hydrogen-bond donors (Lipinski definition) is 3. The molecule has 0 spiro atoms. The van der Waals surface area contributed by atoms with Crippen LogP contribution in [0, 0.1) is 0 Å². The van der Waals surface area contributed by atoms with Gasteiger partial charge in [-0.2, -0.15) is 0 Å². The summed E-state index contributed by atoms with van der Waals surface area (Å²) in [6.45, 7) is 8.24. The van der Waals surface area contributed by atoms with Crippen molar-refractivity contribution in [1.82, 2.24) is 15.2 Å². The number of nitrogens with one attached hydrogen (secondary N) is 2. The van der Waals surface area contributed by atoms with Gasteiger partial charge in [0, 0.05) is 41.2 Å². The van der Waals surface area contributed by atoms with Crippen LogP contribution in [0.15, 0.2) is 42.6 Å². The van der Waals surface area contributed by atoms with Crippen molar-refractivity contribution >= 4 is 28.8 Å². The fourth-order valence-corrected chi connectivity index (χ4v) is 4.23. The Balaban J connectivity index is 1.87. The topological polar surface area (TPSA) is 94.7 Å². The highest BCUT2D eigenvalue weighted by Crippen LogP contribution is 2.37. The zero-order valence-electron chi connectivity index (χ0n) is 16.8. The monoisotopic (exact) mass is 395 g/mol. The Bertz CT molecular complexity index is 1050. The maximum absolute atomic E-state index is 13.2. The van der Waals surface area contributed by atoms with Crippen LogP contribution in [0.1, 0.15) is 31.5 Å². The molecule has 2 aliphatic heterocycles. The minimum Gasteiger partial charge on any atom is -0.387 e. The molecule has 0 saturated carbocycles. The summed E-state index contributed by atoms with van der Waals surface area (Å²) in [5.41, 5.74) is 0.752. The first kappa shape index (κ1) is 19.4. The summed E-state index contributed by atoms with van der Waals surface area (Å²) in [7, 11) is 1.33. The van der Waals surface area contributed by atoms with Gasteiger partial charge >= 0.3 is 0 Å². The number of amides is 2. The molecule has 2 fully saturated rings. The number of aliphatic hydroxyl groups excluding tert-OH is 1. The van der Waals surface area contributed by atoms with E-state index in [4.69, 9.17) is 4.74 Å². The molecule has 0 bridgehead atoms. The van der Waals surface area contributed by atoms with Gasteiger partial charge in [0.2, 0.25) is 0 Å². The number of allylic oxidation sites excluding steroid dienone is 1. The average Bonchev–Trinajstić information content (AvgIpc) is 3.25. The molecule has 7 nitrogen and oxygen atoms in total. The number of aromatic nitrogens is 1. The van der Waals surface area contributed by atoms with E-state index in [1.807, 2.05) is 44.2 Å². The number of benzene rings is 1. The summed E-state index contributed by atoms with van der Waals surface area (Å²) in [4.78, 5) is 30.8. The van der Waals surface area contributed by atoms with E-state index in [1.54, 1.807) is 6.08 Å². The summed E-state index contributed by atoms with van der Waals surface area (Å²) in [6, 6.07) is 7.80. The normalized spacial score (nSPS) is 26.1. The maximum Gasteiger partial charge on any atom is 0.280 e. The number of aromatic amines is 1. The Hall–Kier alpha value is -2.90. The molecule has 1 aromatic carbocycles. The van der Waals surface area contributed by atoms with E-state index in [9.17, 15) is 14.7 Å². The third-order valence-corrected chi connectivity index (χ3v) is 6.03. The van der Waals surface area contributed by atoms with Crippen molar-refractivity contribution in [3.05, 3.63) is 53.9 Å². The van der Waals surface area contributed by atoms with Gasteiger partial charge in [0.15, 0.2) is 0 Å². The van der Waals surface area contributed by atoms with Crippen LogP contribution in [-0.4, -0.2) is 52.3 Å². The maximum atomic E-state index is 13.2. The molecule has 3 heterocycles. The molecule has 2 amide bonds. The Morgan fingerprint density at radius 2 is 2.07 bits per heavy atom. The van der Waals surface area contributed by atoms with Crippen LogP contribution in [0.3, 0.4) is 0 Å². The molecule has 0 radical (unpaired) electrons. The van der Waals surface area contributed by atoms with Gasteiger partial charge in [0.1, 0.15) is 11.8 Å². The second-order valence-electron chi connectivity index (χ2n) is 8.06. The predicted molar refractivity (Wildman–Crippen MR) is 110 cm³/mol. The highest BCUT2D eigenvalue weighted by Gasteiger charge is 2.60. The number of aliphatic hydroxyl groups is 1. The summed E-state index contributed by atoms with van der Waals surface area (Å²) in [5, 5.41) is 13.9. The Morgan fingerprint density at radius 3 is 2.76 bits per heavy atom. The molecule has 7 heteroatoms. The van der Waals surface area contributed by atoms with Crippen molar-refractivity contribution in [2.24, 2.45) is 0 Å². The number of carbonyl (C=O) groups is 2. The van der Waals surface area contributed by atoms with Gasteiger partial charge in [-0.05, 0) is 18.6 Å². The molecule has 0 unspecified atom stereocenters. The number of H-pyrrole nitrogens is 1. The van der Waals surface area contributed by atoms with Crippen molar-refractivity contribution in [2.45, 2.75) is 37.5 Å². The number of piperazine rings is 1. The number of hydrogen-bond acceptors (Lipinski definition) is 4. The minimum atomic E-state index is -1.67. The van der Waals surface area contributed by atoms with Crippen LogP contribution in [-0.2, 0) is 19.7 Å². The number of rotatable bonds is 4. The highest BCUT2D eigenvalue weighted by atomic mass is 16.5. The highest BCUT2D eigenvalue weighted by molar-refractivity contribution is 6.10. The number of carbonyl (C=O) groups excluding carboxylic acids is 2. The standard InChI is InChI=1S/C22H25N3O4/c1-5-21(2,3)18-14(13-8-6-7-9-15(13)23-18)12-16-19(27)25-11-10-17(26)22(25,29-4)20(28)24-16/h5-9,12,17,23,26H,1,10-11H2,2-4H3,(H,24,28)/b16-12-/t17-,22-/m1/s1. The van der Waals surface area contributed by atoms with Crippen molar-refractivity contribution in [3.63, 3.8) is 0 Å². The smallest absolute Gasteiger partial charge is 0.280 e. The lowest BCUT2D eigenvalue weighted by molar-refractivity contribution is -0.193. The van der Waals surface area contributed by atoms with Crippen molar-refractivity contribution in [3.8, 4) is 0 Å². The van der Waals surface area contributed by atoms with Gasteiger partial charge in [-0.15, -0.1) is 6.58 Å². The third-order valence-electron chi connectivity index (χ3n) is 6.03. The van der Waals surface area contributed by atoms with Crippen LogP contribution < -0.4 is 5.32 Å². The molecule has 2 saturated heterocycles. The van der Waals surface area contributed by atoms with E-state index in [0.29, 0.717) is 0 Å². The Kier molecular flexibility index (Phi) is 4.40. The molecule has 2 aromatic rings. The molecule has 1 aromatic heterocycles. The van der Waals surface area contributed by atoms with E-state index < -0.39 is 17.7 Å². The minimum absolute atomic E-state index is 0.155. The van der Waals surface area contributed by atoms with Crippen LogP contribution >= 0.6 is 0 Å². The van der Waals surface area contributed by atoms with Crippen molar-refractivity contribution in [1.29, 1.82) is 0 Å². The fourth-order valence-electron chi connectivity index (χ4n) is 4.23. The van der Waals surface area contributed by atoms with Gasteiger partial charge in [0.05, 0.1) is 0 Å². The molecule has 2 aliphatic rings. The summed E-state index contributed by atoms with van der Waals surface area (Å²) < 4.78 is 5.34. The predicted octanol–water partition coefficient (Wildman–Crippen LogP) is 2.04. The quantitative estimate of drug-likeness (QED) is 0.545. The van der Waals surface area contributed by atoms with Crippen molar-refractivity contribution < 1.29 is 19.4 Å². The third kappa shape index (κ3) is 2.65. The molecule has 29 heavy (non-hydrogen) atoms. The van der Waals surface area contributed by atoms with Crippen LogP contribution in [0.4, 0.5) is 0 Å². The molecular weight excluding hydrogens is 370 g/mol. The number of methoxy groups -OCH3 is 1. The summed E-state index contributed by atoms with van der Waals surface area (Å²) in [5.74, 6) is -0.920. The van der Waals surface area contributed by atoms with E-state index >= 15 is 0 Å². The zero-order valence-corrected chi connectivity index (χ0v) is 16.8. The van der Waals surface area contributed by atoms with E-state index in [2.05, 4.69) is 16.9 Å². The van der Waals surface area contributed by atoms with E-state index in [0.717, 1.165) is 22.2 Å². The number of fused-ring (bicyclic) bond motifs is 2. The van der Waals surface area contributed by atoms with Gasteiger partial charge < -0.3 is 20.1 Å². The van der Waals surface area contributed by atoms with Crippen LogP contribution in [0.5, 0.6) is 0 Å². The van der Waals surface area contributed by atoms with Crippen molar-refractivity contribution in [2.75, 3.05) is 13.7 Å². The summed E-state index contributed by atoms with van der Waals surface area (Å²) >= 11 is 0. The Labute approximate surface area is 169 Å². The zero-order chi connectivity index (χ0) is 21.0. The van der Waals surface area contributed by atoms with Gasteiger partial charge in [0.25, 0.3) is 17.5 Å². The van der Waals surface area contributed by atoms with Gasteiger partial charge in [-0.1, -0.05) is 38.1 Å². The molecular formula is C22H25N3O4. The lowest BCUT2D eigenvalue weighted by atomic mass is 9.86. The SMILES string of the molecule is C=CC(C)(C)c1[nH]c2ccccc2c1/C=C1\NC(=O)[C@]2(OC)[C@H](O)CCN2C1=O. The molecule has 3 N–H and O–H groups in total. The number of para-hydroxylation sites is 1. The second-order valence-corrected chi connectivity index (χ2v) is 8.06. The van der Waals surface area contributed by atoms with Crippen LogP contribution in [0.2, 0.25) is 0 Å². The molecule has 2 atom stereocenters. The molecule has 0 aliphatic carbocycles. The first-order valence-electron chi connectivity index (χ1n) is 9.59. The van der Waals surface area contributed by atoms with Gasteiger partial charge in [-0.25, -0.2) is 0 Å². The summed E-state index contributed by atoms with van der Waals surface area (Å²) in [6.07, 6.45) is 2.75. The number of nitrogens with zero attached hydrogens (tertiary/aromatic N) is 1. The number of ether oxygens (including phenoxy) is 1. The first-order chi connectivity index (χ1) is 13.8. The van der Waals surface area contributed by atoms with Crippen LogP contribution in [0.25, 0.3) is 17.0 Å². The van der Waals surface area contributed by atoms with E-state index in [1.165, 1.54) is 12.0 Å². The van der Waals surface area contributed by atoms with E-state index in [-0.39, 0.29) is 30.0 Å². The lowest BCUT2D eigenvalue weighted by Gasteiger charge is -2.41.